The summed E-state index contributed by atoms with van der Waals surface area (Å²) >= 11 is 0. The Morgan fingerprint density at radius 3 is 2.76 bits per heavy atom. The molecule has 3 rings (SSSR count). The maximum absolute atomic E-state index is 5.41. The Balaban J connectivity index is 1.72. The van der Waals surface area contributed by atoms with Gasteiger partial charge in [-0.05, 0) is 38.5 Å². The van der Waals surface area contributed by atoms with Crippen molar-refractivity contribution in [3.63, 3.8) is 0 Å². The molecule has 6 nitrogen and oxygen atoms in total. The van der Waals surface area contributed by atoms with E-state index in [4.69, 9.17) is 4.74 Å². The fourth-order valence-electron chi connectivity index (χ4n) is 2.70. The molecule has 2 aromatic heterocycles. The smallest absolute Gasteiger partial charge is 0.176 e. The second kappa shape index (κ2) is 5.81. The zero-order valence-electron chi connectivity index (χ0n) is 12.8. The molecule has 0 radical (unpaired) electrons. The van der Waals surface area contributed by atoms with Crippen LogP contribution in [0, 0.1) is 19.8 Å². The molecule has 0 aliphatic carbocycles. The van der Waals surface area contributed by atoms with E-state index in [-0.39, 0.29) is 0 Å². The van der Waals surface area contributed by atoms with Crippen molar-refractivity contribution in [2.24, 2.45) is 5.92 Å². The second-order valence-corrected chi connectivity index (χ2v) is 5.70. The minimum absolute atomic E-state index is 0.590. The van der Waals surface area contributed by atoms with Crippen molar-refractivity contribution in [3.05, 3.63) is 29.6 Å². The van der Waals surface area contributed by atoms with Crippen molar-refractivity contribution in [2.75, 3.05) is 31.7 Å². The summed E-state index contributed by atoms with van der Waals surface area (Å²) in [5.74, 6) is 2.22. The van der Waals surface area contributed by atoms with Gasteiger partial charge < -0.3 is 9.64 Å². The minimum Gasteiger partial charge on any atom is -0.381 e. The summed E-state index contributed by atoms with van der Waals surface area (Å²) in [6, 6.07) is 5.99. The van der Waals surface area contributed by atoms with E-state index < -0.39 is 0 Å². The molecule has 0 spiro atoms. The Kier molecular flexibility index (Phi) is 3.88. The van der Waals surface area contributed by atoms with E-state index in [1.807, 2.05) is 43.8 Å². The normalized spacial score (nSPS) is 18.1. The summed E-state index contributed by atoms with van der Waals surface area (Å²) in [6.45, 7) is 6.67. The molecule has 1 aliphatic heterocycles. The Morgan fingerprint density at radius 2 is 2.19 bits per heavy atom. The first-order valence-corrected chi connectivity index (χ1v) is 7.30. The summed E-state index contributed by atoms with van der Waals surface area (Å²) in [5.41, 5.74) is 2.04. The predicted octanol–water partition coefficient (Wildman–Crippen LogP) is 1.75. The van der Waals surface area contributed by atoms with Gasteiger partial charge in [0.25, 0.3) is 0 Å². The van der Waals surface area contributed by atoms with Gasteiger partial charge in [-0.2, -0.15) is 5.10 Å². The number of hydrogen-bond acceptors (Lipinski definition) is 5. The van der Waals surface area contributed by atoms with Gasteiger partial charge in [0, 0.05) is 31.8 Å². The van der Waals surface area contributed by atoms with Crippen molar-refractivity contribution < 1.29 is 4.74 Å². The highest BCUT2D eigenvalue weighted by atomic mass is 16.5. The van der Waals surface area contributed by atoms with Crippen LogP contribution in [0.3, 0.4) is 0 Å². The third-order valence-corrected chi connectivity index (χ3v) is 3.81. The molecular formula is C15H21N5O. The molecule has 112 valence electrons. The Labute approximate surface area is 124 Å². The molecule has 3 heterocycles. The lowest BCUT2D eigenvalue weighted by Gasteiger charge is -2.20. The summed E-state index contributed by atoms with van der Waals surface area (Å²) in [5, 5.41) is 13.0. The van der Waals surface area contributed by atoms with Crippen LogP contribution in [0.1, 0.15) is 17.8 Å². The van der Waals surface area contributed by atoms with Crippen molar-refractivity contribution in [1.82, 2.24) is 20.0 Å². The van der Waals surface area contributed by atoms with Gasteiger partial charge in [0.15, 0.2) is 11.6 Å². The molecule has 0 N–H and O–H groups in total. The monoisotopic (exact) mass is 287 g/mol. The van der Waals surface area contributed by atoms with Crippen molar-refractivity contribution in [3.8, 4) is 5.82 Å². The standard InChI is InChI=1S/C15H21N5O/c1-11-8-12(2)20(18-11)15-5-4-14(16-17-15)19(3)9-13-6-7-21-10-13/h4-5,8,13H,6-7,9-10H2,1-3H3/t13-/m1/s1. The molecule has 0 saturated carbocycles. The van der Waals surface area contributed by atoms with Crippen molar-refractivity contribution in [1.29, 1.82) is 0 Å². The van der Waals surface area contributed by atoms with Gasteiger partial charge in [-0.25, -0.2) is 4.68 Å². The largest absolute Gasteiger partial charge is 0.381 e. The third-order valence-electron chi connectivity index (χ3n) is 3.81. The zero-order valence-corrected chi connectivity index (χ0v) is 12.8. The van der Waals surface area contributed by atoms with Gasteiger partial charge in [0.05, 0.1) is 12.3 Å². The Hall–Kier alpha value is -1.95. The van der Waals surface area contributed by atoms with E-state index >= 15 is 0 Å². The number of anilines is 1. The highest BCUT2D eigenvalue weighted by Crippen LogP contribution is 2.17. The summed E-state index contributed by atoms with van der Waals surface area (Å²) in [7, 11) is 2.05. The maximum Gasteiger partial charge on any atom is 0.176 e. The van der Waals surface area contributed by atoms with Crippen LogP contribution in [-0.2, 0) is 4.74 Å². The molecule has 21 heavy (non-hydrogen) atoms. The first-order valence-electron chi connectivity index (χ1n) is 7.30. The minimum atomic E-state index is 0.590. The fourth-order valence-corrected chi connectivity index (χ4v) is 2.70. The number of ether oxygens (including phenoxy) is 1. The lowest BCUT2D eigenvalue weighted by molar-refractivity contribution is 0.186. The average molecular weight is 287 g/mol. The lowest BCUT2D eigenvalue weighted by atomic mass is 10.1. The van der Waals surface area contributed by atoms with Gasteiger partial charge in [-0.3, -0.25) is 0 Å². The number of hydrogen-bond donors (Lipinski definition) is 0. The topological polar surface area (TPSA) is 56.1 Å². The third kappa shape index (κ3) is 3.05. The molecule has 1 atom stereocenters. The number of aromatic nitrogens is 4. The first kappa shape index (κ1) is 14.0. The molecule has 0 bridgehead atoms. The summed E-state index contributed by atoms with van der Waals surface area (Å²) in [6.07, 6.45) is 1.13. The highest BCUT2D eigenvalue weighted by Gasteiger charge is 2.18. The van der Waals surface area contributed by atoms with Gasteiger partial charge in [0.2, 0.25) is 0 Å². The summed E-state index contributed by atoms with van der Waals surface area (Å²) < 4.78 is 7.23. The van der Waals surface area contributed by atoms with E-state index in [0.717, 1.165) is 49.2 Å². The molecule has 0 aromatic carbocycles. The van der Waals surface area contributed by atoms with Crippen LogP contribution in [0.5, 0.6) is 0 Å². The van der Waals surface area contributed by atoms with Gasteiger partial charge in [-0.1, -0.05) is 0 Å². The maximum atomic E-state index is 5.41. The number of rotatable bonds is 4. The van der Waals surface area contributed by atoms with Gasteiger partial charge in [0.1, 0.15) is 0 Å². The van der Waals surface area contributed by atoms with Crippen molar-refractivity contribution in [2.45, 2.75) is 20.3 Å². The van der Waals surface area contributed by atoms with Crippen LogP contribution in [0.25, 0.3) is 5.82 Å². The molecule has 1 aliphatic rings. The van der Waals surface area contributed by atoms with Crippen LogP contribution in [0.2, 0.25) is 0 Å². The van der Waals surface area contributed by atoms with Crippen LogP contribution < -0.4 is 4.90 Å². The van der Waals surface area contributed by atoms with E-state index in [1.54, 1.807) is 0 Å². The molecule has 2 aromatic rings. The number of aryl methyl sites for hydroxylation is 2. The van der Waals surface area contributed by atoms with Crippen LogP contribution >= 0.6 is 0 Å². The molecule has 1 fully saturated rings. The van der Waals surface area contributed by atoms with E-state index in [1.165, 1.54) is 0 Å². The zero-order chi connectivity index (χ0) is 14.8. The van der Waals surface area contributed by atoms with E-state index in [2.05, 4.69) is 20.2 Å². The molecule has 6 heteroatoms. The van der Waals surface area contributed by atoms with Crippen LogP contribution in [-0.4, -0.2) is 46.8 Å². The Bertz CT molecular complexity index is 601. The highest BCUT2D eigenvalue weighted by molar-refractivity contribution is 5.39. The van der Waals surface area contributed by atoms with Gasteiger partial charge >= 0.3 is 0 Å². The SMILES string of the molecule is Cc1cc(C)n(-c2ccc(N(C)C[C@H]3CCOC3)nn2)n1. The molecule has 0 amide bonds. The summed E-state index contributed by atoms with van der Waals surface area (Å²) in [4.78, 5) is 2.14. The molecular weight excluding hydrogens is 266 g/mol. The van der Waals surface area contributed by atoms with Crippen LogP contribution in [0.4, 0.5) is 5.82 Å². The molecule has 1 saturated heterocycles. The second-order valence-electron chi connectivity index (χ2n) is 5.70. The Morgan fingerprint density at radius 1 is 1.33 bits per heavy atom. The predicted molar refractivity (Wildman–Crippen MR) is 80.8 cm³/mol. The average Bonchev–Trinajstić information content (AvgIpc) is 3.08. The molecule has 0 unspecified atom stereocenters. The van der Waals surface area contributed by atoms with Crippen molar-refractivity contribution >= 4 is 5.82 Å². The van der Waals surface area contributed by atoms with Gasteiger partial charge in [-0.15, -0.1) is 10.2 Å². The lowest BCUT2D eigenvalue weighted by Crippen LogP contribution is -2.26. The van der Waals surface area contributed by atoms with E-state index in [9.17, 15) is 0 Å². The first-order chi connectivity index (χ1) is 10.1. The quantitative estimate of drug-likeness (QED) is 0.857. The number of nitrogens with zero attached hydrogens (tertiary/aromatic N) is 5. The van der Waals surface area contributed by atoms with Crippen LogP contribution in [0.15, 0.2) is 18.2 Å². The fraction of sp³-hybridized carbons (Fsp3) is 0.533. The van der Waals surface area contributed by atoms with E-state index in [0.29, 0.717) is 5.92 Å².